The molecule has 4 heteroatoms. The Morgan fingerprint density at radius 2 is 2.05 bits per heavy atom. The summed E-state index contributed by atoms with van der Waals surface area (Å²) in [5.41, 5.74) is 1.33. The summed E-state index contributed by atoms with van der Waals surface area (Å²) in [7, 11) is 0. The van der Waals surface area contributed by atoms with Crippen molar-refractivity contribution >= 4 is 51.2 Å². The smallest absolute Gasteiger partial charge is 0.211 e. The average Bonchev–Trinajstić information content (AvgIpc) is 3.01. The molecule has 0 aliphatic carbocycles. The number of carbonyl (C=O) groups excluding carboxylic acids is 1. The minimum absolute atomic E-state index is 0.0376. The maximum absolute atomic E-state index is 11.3. The van der Waals surface area contributed by atoms with Crippen molar-refractivity contribution in [1.82, 2.24) is 0 Å². The Bertz CT molecular complexity index is 721. The zero-order chi connectivity index (χ0) is 14.7. The number of fused-ring (bicyclic) bond motifs is 1. The van der Waals surface area contributed by atoms with E-state index in [0.717, 1.165) is 5.75 Å². The van der Waals surface area contributed by atoms with Crippen molar-refractivity contribution in [2.45, 2.75) is 4.58 Å². The predicted molar refractivity (Wildman–Crippen MR) is 97.6 cm³/mol. The van der Waals surface area contributed by atoms with Crippen LogP contribution in [0, 0.1) is 0 Å². The Morgan fingerprint density at radius 1 is 1.24 bits per heavy atom. The van der Waals surface area contributed by atoms with Gasteiger partial charge in [-0.3, -0.25) is 4.79 Å². The standard InChI is InChI=1S/C17H14OS3/c1-2-16(18)19-10-15-11-20-17(21-15)14-8-7-12-5-3-4-6-13(12)9-14/h2-9,11,17H,1,10H2. The molecular weight excluding hydrogens is 316 g/mol. The summed E-state index contributed by atoms with van der Waals surface area (Å²) in [5.74, 6) is 0.743. The van der Waals surface area contributed by atoms with Crippen LogP contribution in [-0.4, -0.2) is 10.9 Å². The summed E-state index contributed by atoms with van der Waals surface area (Å²) in [6.07, 6.45) is 1.37. The van der Waals surface area contributed by atoms with Crippen molar-refractivity contribution in [2.24, 2.45) is 0 Å². The van der Waals surface area contributed by atoms with Crippen molar-refractivity contribution in [3.63, 3.8) is 0 Å². The van der Waals surface area contributed by atoms with Gasteiger partial charge >= 0.3 is 0 Å². The van der Waals surface area contributed by atoms with Crippen molar-refractivity contribution in [3.05, 3.63) is 71.0 Å². The van der Waals surface area contributed by atoms with Gasteiger partial charge in [-0.2, -0.15) is 0 Å². The third-order valence-electron chi connectivity index (χ3n) is 3.15. The Labute approximate surface area is 137 Å². The van der Waals surface area contributed by atoms with Crippen LogP contribution in [0.2, 0.25) is 0 Å². The lowest BCUT2D eigenvalue weighted by Crippen LogP contribution is -1.89. The summed E-state index contributed by atoms with van der Waals surface area (Å²) < 4.78 is 0.393. The molecule has 1 unspecified atom stereocenters. The summed E-state index contributed by atoms with van der Waals surface area (Å²) in [6, 6.07) is 15.1. The molecule has 106 valence electrons. The molecule has 0 bridgehead atoms. The van der Waals surface area contributed by atoms with E-state index in [-0.39, 0.29) is 5.12 Å². The summed E-state index contributed by atoms with van der Waals surface area (Å²) in [5, 5.41) is 4.76. The Morgan fingerprint density at radius 3 is 2.86 bits per heavy atom. The van der Waals surface area contributed by atoms with Crippen LogP contribution >= 0.6 is 35.3 Å². The molecule has 21 heavy (non-hydrogen) atoms. The van der Waals surface area contributed by atoms with Crippen molar-refractivity contribution in [2.75, 3.05) is 5.75 Å². The van der Waals surface area contributed by atoms with Crippen molar-refractivity contribution < 1.29 is 4.79 Å². The van der Waals surface area contributed by atoms with E-state index < -0.39 is 0 Å². The number of hydrogen-bond donors (Lipinski definition) is 0. The maximum Gasteiger partial charge on any atom is 0.211 e. The molecule has 1 aliphatic heterocycles. The monoisotopic (exact) mass is 330 g/mol. The van der Waals surface area contributed by atoms with Gasteiger partial charge in [0, 0.05) is 10.7 Å². The van der Waals surface area contributed by atoms with Gasteiger partial charge in [-0.25, -0.2) is 0 Å². The lowest BCUT2D eigenvalue weighted by atomic mass is 10.1. The molecule has 0 fully saturated rings. The fourth-order valence-electron chi connectivity index (χ4n) is 2.10. The SMILES string of the molecule is C=CC(=O)SCC1=CSC(c2ccc3ccccc3c2)S1. The molecule has 0 N–H and O–H groups in total. The van der Waals surface area contributed by atoms with Crippen LogP contribution < -0.4 is 0 Å². The number of benzene rings is 2. The number of thioether (sulfide) groups is 3. The van der Waals surface area contributed by atoms with Crippen LogP contribution in [0.1, 0.15) is 10.1 Å². The first-order valence-corrected chi connectivity index (χ1v) is 9.36. The van der Waals surface area contributed by atoms with Crippen LogP contribution in [0.15, 0.2) is 65.4 Å². The third-order valence-corrected chi connectivity index (χ3v) is 7.00. The van der Waals surface area contributed by atoms with E-state index in [2.05, 4.69) is 54.5 Å². The first kappa shape index (κ1) is 14.8. The maximum atomic E-state index is 11.3. The van der Waals surface area contributed by atoms with Crippen molar-refractivity contribution in [3.8, 4) is 0 Å². The molecular formula is C17H14OS3. The first-order chi connectivity index (χ1) is 10.3. The van der Waals surface area contributed by atoms with E-state index in [9.17, 15) is 4.79 Å². The minimum Gasteiger partial charge on any atom is -0.282 e. The van der Waals surface area contributed by atoms with Crippen LogP contribution in [0.4, 0.5) is 0 Å². The van der Waals surface area contributed by atoms with Crippen LogP contribution in [0.25, 0.3) is 10.8 Å². The molecule has 2 aromatic rings. The third kappa shape index (κ3) is 3.57. The lowest BCUT2D eigenvalue weighted by Gasteiger charge is -2.10. The number of hydrogen-bond acceptors (Lipinski definition) is 4. The quantitative estimate of drug-likeness (QED) is 0.678. The number of carbonyl (C=O) groups is 1. The Hall–Kier alpha value is -1.10. The summed E-state index contributed by atoms with van der Waals surface area (Å²) >= 11 is 4.98. The zero-order valence-corrected chi connectivity index (χ0v) is 13.8. The summed E-state index contributed by atoms with van der Waals surface area (Å²) in [6.45, 7) is 3.50. The molecule has 0 amide bonds. The predicted octanol–water partition coefficient (Wildman–Crippen LogP) is 5.61. The van der Waals surface area contributed by atoms with Gasteiger partial charge < -0.3 is 0 Å². The largest absolute Gasteiger partial charge is 0.282 e. The van der Waals surface area contributed by atoms with E-state index in [1.54, 1.807) is 0 Å². The fourth-order valence-corrected chi connectivity index (χ4v) is 5.51. The second kappa shape index (κ2) is 6.77. The summed E-state index contributed by atoms with van der Waals surface area (Å²) in [4.78, 5) is 12.5. The molecule has 1 aliphatic rings. The molecule has 0 saturated heterocycles. The van der Waals surface area contributed by atoms with Gasteiger partial charge in [0.05, 0.1) is 4.58 Å². The molecule has 0 saturated carbocycles. The van der Waals surface area contributed by atoms with Gasteiger partial charge in [-0.15, -0.1) is 23.5 Å². The lowest BCUT2D eigenvalue weighted by molar-refractivity contribution is -0.107. The molecule has 0 aromatic heterocycles. The average molecular weight is 330 g/mol. The van der Waals surface area contributed by atoms with Gasteiger partial charge in [0.2, 0.25) is 5.12 Å². The van der Waals surface area contributed by atoms with Gasteiger partial charge in [0.25, 0.3) is 0 Å². The number of rotatable bonds is 4. The highest BCUT2D eigenvalue weighted by molar-refractivity contribution is 8.23. The van der Waals surface area contributed by atoms with Gasteiger partial charge in [-0.1, -0.05) is 54.7 Å². The van der Waals surface area contributed by atoms with Crippen LogP contribution in [0.5, 0.6) is 0 Å². The first-order valence-electron chi connectivity index (χ1n) is 6.55. The van der Waals surface area contributed by atoms with E-state index in [4.69, 9.17) is 0 Å². The van der Waals surface area contributed by atoms with E-state index in [1.165, 1.54) is 39.1 Å². The highest BCUT2D eigenvalue weighted by Gasteiger charge is 2.21. The molecule has 3 rings (SSSR count). The highest BCUT2D eigenvalue weighted by Crippen LogP contribution is 2.51. The van der Waals surface area contributed by atoms with E-state index in [1.807, 2.05) is 23.5 Å². The van der Waals surface area contributed by atoms with E-state index in [0.29, 0.717) is 4.58 Å². The second-order valence-corrected chi connectivity index (χ2v) is 8.08. The Balaban J connectivity index is 1.68. The van der Waals surface area contributed by atoms with Gasteiger partial charge in [-0.05, 0) is 33.9 Å². The molecule has 2 aromatic carbocycles. The topological polar surface area (TPSA) is 17.1 Å². The molecule has 0 radical (unpaired) electrons. The fraction of sp³-hybridized carbons (Fsp3) is 0.118. The van der Waals surface area contributed by atoms with Gasteiger partial charge in [0.1, 0.15) is 0 Å². The second-order valence-electron chi connectivity index (χ2n) is 4.59. The Kier molecular flexibility index (Phi) is 4.78. The molecule has 1 atom stereocenters. The highest BCUT2D eigenvalue weighted by atomic mass is 32.2. The normalized spacial score (nSPS) is 17.7. The molecule has 1 nitrogen and oxygen atoms in total. The van der Waals surface area contributed by atoms with Crippen LogP contribution in [-0.2, 0) is 4.79 Å². The van der Waals surface area contributed by atoms with Gasteiger partial charge in [0.15, 0.2) is 0 Å². The molecule has 0 spiro atoms. The zero-order valence-electron chi connectivity index (χ0n) is 11.3. The minimum atomic E-state index is 0.0376. The van der Waals surface area contributed by atoms with Crippen molar-refractivity contribution in [1.29, 1.82) is 0 Å². The van der Waals surface area contributed by atoms with Crippen LogP contribution in [0.3, 0.4) is 0 Å². The molecule has 1 heterocycles. The van der Waals surface area contributed by atoms with E-state index >= 15 is 0 Å².